The smallest absolute Gasteiger partial charge is 0.142 e. The van der Waals surface area contributed by atoms with Crippen molar-refractivity contribution in [2.75, 3.05) is 6.61 Å². The molecule has 1 saturated carbocycles. The van der Waals surface area contributed by atoms with Gasteiger partial charge in [-0.3, -0.25) is 0 Å². The van der Waals surface area contributed by atoms with Crippen molar-refractivity contribution in [1.82, 2.24) is 0 Å². The standard InChI is InChI=1S/C11H11BrCl2O/c12-5-8-3-9(13)4-10(14)11(8)15-6-7-1-2-7/h3-4,7H,1-2,5-6H2. The van der Waals surface area contributed by atoms with Crippen LogP contribution >= 0.6 is 39.1 Å². The van der Waals surface area contributed by atoms with Crippen LogP contribution in [0.5, 0.6) is 5.75 Å². The molecular weight excluding hydrogens is 299 g/mol. The number of hydrogen-bond donors (Lipinski definition) is 0. The summed E-state index contributed by atoms with van der Waals surface area (Å²) in [5, 5.41) is 1.94. The third-order valence-corrected chi connectivity index (χ3v) is 3.49. The highest BCUT2D eigenvalue weighted by atomic mass is 79.9. The molecule has 15 heavy (non-hydrogen) atoms. The number of alkyl halides is 1. The fourth-order valence-corrected chi connectivity index (χ4v) is 2.37. The van der Waals surface area contributed by atoms with Crippen molar-refractivity contribution in [3.05, 3.63) is 27.7 Å². The number of benzene rings is 1. The molecule has 1 nitrogen and oxygen atoms in total. The molecule has 1 fully saturated rings. The van der Waals surface area contributed by atoms with Gasteiger partial charge in [-0.2, -0.15) is 0 Å². The van der Waals surface area contributed by atoms with E-state index in [1.165, 1.54) is 12.8 Å². The molecule has 1 aromatic rings. The maximum Gasteiger partial charge on any atom is 0.142 e. The van der Waals surface area contributed by atoms with Crippen LogP contribution in [-0.2, 0) is 5.33 Å². The van der Waals surface area contributed by atoms with E-state index in [-0.39, 0.29) is 0 Å². The second kappa shape index (κ2) is 4.94. The summed E-state index contributed by atoms with van der Waals surface area (Å²) >= 11 is 15.4. The summed E-state index contributed by atoms with van der Waals surface area (Å²) in [4.78, 5) is 0. The first-order valence-electron chi connectivity index (χ1n) is 4.87. The highest BCUT2D eigenvalue weighted by Gasteiger charge is 2.23. The second-order valence-corrected chi connectivity index (χ2v) is 5.17. The van der Waals surface area contributed by atoms with Crippen molar-refractivity contribution >= 4 is 39.1 Å². The third kappa shape index (κ3) is 3.02. The largest absolute Gasteiger partial charge is 0.491 e. The minimum Gasteiger partial charge on any atom is -0.491 e. The van der Waals surface area contributed by atoms with E-state index in [0.717, 1.165) is 23.8 Å². The molecular formula is C11H11BrCl2O. The fraction of sp³-hybridized carbons (Fsp3) is 0.455. The average Bonchev–Trinajstić information content (AvgIpc) is 2.99. The molecule has 0 spiro atoms. The maximum absolute atomic E-state index is 6.09. The number of hydrogen-bond acceptors (Lipinski definition) is 1. The van der Waals surface area contributed by atoms with Gasteiger partial charge in [0.1, 0.15) is 5.75 Å². The predicted molar refractivity (Wildman–Crippen MR) is 67.3 cm³/mol. The molecule has 0 unspecified atom stereocenters. The van der Waals surface area contributed by atoms with Gasteiger partial charge < -0.3 is 4.74 Å². The lowest BCUT2D eigenvalue weighted by molar-refractivity contribution is 0.298. The van der Waals surface area contributed by atoms with Gasteiger partial charge >= 0.3 is 0 Å². The summed E-state index contributed by atoms with van der Waals surface area (Å²) in [6.07, 6.45) is 2.55. The van der Waals surface area contributed by atoms with Crippen LogP contribution in [0.15, 0.2) is 12.1 Å². The van der Waals surface area contributed by atoms with Crippen molar-refractivity contribution in [1.29, 1.82) is 0 Å². The lowest BCUT2D eigenvalue weighted by atomic mass is 10.2. The van der Waals surface area contributed by atoms with Crippen molar-refractivity contribution < 1.29 is 4.74 Å². The minimum absolute atomic E-state index is 0.595. The highest BCUT2D eigenvalue weighted by Crippen LogP contribution is 2.36. The Labute approximate surface area is 108 Å². The van der Waals surface area contributed by atoms with Crippen molar-refractivity contribution in [2.24, 2.45) is 5.92 Å². The second-order valence-electron chi connectivity index (χ2n) is 3.76. The summed E-state index contributed by atoms with van der Waals surface area (Å²) in [5.74, 6) is 1.49. The van der Waals surface area contributed by atoms with Crippen molar-refractivity contribution in [3.8, 4) is 5.75 Å². The number of ether oxygens (including phenoxy) is 1. The van der Waals surface area contributed by atoms with Crippen molar-refractivity contribution in [3.63, 3.8) is 0 Å². The minimum atomic E-state index is 0.595. The van der Waals surface area contributed by atoms with Crippen LogP contribution in [0.3, 0.4) is 0 Å². The summed E-state index contributed by atoms with van der Waals surface area (Å²) in [5.41, 5.74) is 1.01. The Morgan fingerprint density at radius 1 is 1.33 bits per heavy atom. The summed E-state index contributed by atoms with van der Waals surface area (Å²) in [7, 11) is 0. The van der Waals surface area contributed by atoms with Gasteiger partial charge in [0.2, 0.25) is 0 Å². The quantitative estimate of drug-likeness (QED) is 0.734. The van der Waals surface area contributed by atoms with E-state index in [2.05, 4.69) is 15.9 Å². The van der Waals surface area contributed by atoms with Crippen LogP contribution in [0.2, 0.25) is 10.0 Å². The molecule has 0 bridgehead atoms. The van der Waals surface area contributed by atoms with Gasteiger partial charge in [-0.05, 0) is 30.9 Å². The van der Waals surface area contributed by atoms with E-state index in [9.17, 15) is 0 Å². The van der Waals surface area contributed by atoms with Crippen LogP contribution in [0.4, 0.5) is 0 Å². The summed E-state index contributed by atoms with van der Waals surface area (Å²) < 4.78 is 5.72. The van der Waals surface area contributed by atoms with E-state index in [1.807, 2.05) is 6.07 Å². The van der Waals surface area contributed by atoms with Gasteiger partial charge in [-0.25, -0.2) is 0 Å². The van der Waals surface area contributed by atoms with Crippen LogP contribution in [0, 0.1) is 5.92 Å². The van der Waals surface area contributed by atoms with Gasteiger partial charge in [0.05, 0.1) is 11.6 Å². The Bertz CT molecular complexity index is 364. The molecule has 0 atom stereocenters. The number of halogens is 3. The normalized spacial score (nSPS) is 15.4. The molecule has 0 N–H and O–H groups in total. The molecule has 1 aromatic carbocycles. The molecule has 1 aliphatic carbocycles. The third-order valence-electron chi connectivity index (χ3n) is 2.39. The molecule has 0 saturated heterocycles. The van der Waals surface area contributed by atoms with Gasteiger partial charge in [-0.1, -0.05) is 39.1 Å². The molecule has 0 aromatic heterocycles. The van der Waals surface area contributed by atoms with Gasteiger partial charge in [0, 0.05) is 15.9 Å². The first-order valence-corrected chi connectivity index (χ1v) is 6.75. The molecule has 0 radical (unpaired) electrons. The van der Waals surface area contributed by atoms with E-state index in [1.54, 1.807) is 6.07 Å². The Morgan fingerprint density at radius 2 is 2.07 bits per heavy atom. The zero-order chi connectivity index (χ0) is 10.8. The fourth-order valence-electron chi connectivity index (χ4n) is 1.36. The lowest BCUT2D eigenvalue weighted by Crippen LogP contribution is -2.01. The lowest BCUT2D eigenvalue weighted by Gasteiger charge is -2.11. The van der Waals surface area contributed by atoms with Crippen LogP contribution in [0.1, 0.15) is 18.4 Å². The van der Waals surface area contributed by atoms with E-state index in [4.69, 9.17) is 27.9 Å². The monoisotopic (exact) mass is 308 g/mol. The van der Waals surface area contributed by atoms with Gasteiger partial charge in [-0.15, -0.1) is 0 Å². The van der Waals surface area contributed by atoms with E-state index < -0.39 is 0 Å². The Balaban J connectivity index is 2.17. The number of rotatable bonds is 4. The van der Waals surface area contributed by atoms with Crippen LogP contribution in [-0.4, -0.2) is 6.61 Å². The molecule has 0 amide bonds. The van der Waals surface area contributed by atoms with Gasteiger partial charge in [0.25, 0.3) is 0 Å². The van der Waals surface area contributed by atoms with Gasteiger partial charge in [0.15, 0.2) is 0 Å². The molecule has 0 heterocycles. The molecule has 0 aliphatic heterocycles. The molecule has 82 valence electrons. The molecule has 2 rings (SSSR count). The van der Waals surface area contributed by atoms with Crippen LogP contribution < -0.4 is 4.74 Å². The summed E-state index contributed by atoms with van der Waals surface area (Å²) in [6, 6.07) is 3.60. The average molecular weight is 310 g/mol. The zero-order valence-electron chi connectivity index (χ0n) is 8.10. The van der Waals surface area contributed by atoms with Crippen LogP contribution in [0.25, 0.3) is 0 Å². The molecule has 4 heteroatoms. The molecule has 1 aliphatic rings. The SMILES string of the molecule is Clc1cc(Cl)c(OCC2CC2)c(CBr)c1. The first kappa shape index (κ1) is 11.6. The van der Waals surface area contributed by atoms with Crippen molar-refractivity contribution in [2.45, 2.75) is 18.2 Å². The predicted octanol–water partition coefficient (Wildman–Crippen LogP) is 4.68. The first-order chi connectivity index (χ1) is 7.20. The topological polar surface area (TPSA) is 9.23 Å². The highest BCUT2D eigenvalue weighted by molar-refractivity contribution is 9.08. The van der Waals surface area contributed by atoms with E-state index in [0.29, 0.717) is 15.4 Å². The Hall–Kier alpha value is 0.0800. The summed E-state index contributed by atoms with van der Waals surface area (Å²) in [6.45, 7) is 0.765. The Kier molecular flexibility index (Phi) is 3.81. The maximum atomic E-state index is 6.09. The Morgan fingerprint density at radius 3 is 2.67 bits per heavy atom. The van der Waals surface area contributed by atoms with E-state index >= 15 is 0 Å². The zero-order valence-corrected chi connectivity index (χ0v) is 11.2.